The molecule has 0 saturated heterocycles. The van der Waals surface area contributed by atoms with Crippen LogP contribution in [0, 0.1) is 12.8 Å². The van der Waals surface area contributed by atoms with Crippen LogP contribution in [0.1, 0.15) is 67.5 Å². The quantitative estimate of drug-likeness (QED) is 0.694. The second-order valence-electron chi connectivity index (χ2n) is 7.38. The van der Waals surface area contributed by atoms with Crippen LogP contribution in [0.15, 0.2) is 4.79 Å². The highest BCUT2D eigenvalue weighted by atomic mass is 32.1. The van der Waals surface area contributed by atoms with Crippen molar-refractivity contribution in [1.82, 2.24) is 9.55 Å². The van der Waals surface area contributed by atoms with Crippen LogP contribution in [0.3, 0.4) is 0 Å². The summed E-state index contributed by atoms with van der Waals surface area (Å²) in [4.78, 5) is 42.1. The van der Waals surface area contributed by atoms with E-state index in [4.69, 9.17) is 10.5 Å². The molecule has 0 aliphatic rings. The highest BCUT2D eigenvalue weighted by Gasteiger charge is 2.23. The third-order valence-electron chi connectivity index (χ3n) is 4.13. The van der Waals surface area contributed by atoms with E-state index in [2.05, 4.69) is 4.98 Å². The fraction of sp³-hybridized carbons (Fsp3) is 0.579. The number of aromatic nitrogens is 2. The van der Waals surface area contributed by atoms with Crippen LogP contribution in [-0.2, 0) is 16.1 Å². The van der Waals surface area contributed by atoms with Gasteiger partial charge in [0.15, 0.2) is 0 Å². The van der Waals surface area contributed by atoms with E-state index in [9.17, 15) is 14.4 Å². The van der Waals surface area contributed by atoms with Gasteiger partial charge >= 0.3 is 5.97 Å². The van der Waals surface area contributed by atoms with Crippen LogP contribution in [0.2, 0.25) is 0 Å². The molecule has 27 heavy (non-hydrogen) atoms. The summed E-state index contributed by atoms with van der Waals surface area (Å²) in [6.45, 7) is 10.3. The lowest BCUT2D eigenvalue weighted by molar-refractivity contribution is -0.118. The minimum Gasteiger partial charge on any atom is -0.461 e. The Morgan fingerprint density at radius 3 is 2.48 bits per heavy atom. The topological polar surface area (TPSA) is 104 Å². The zero-order valence-electron chi connectivity index (χ0n) is 16.5. The van der Waals surface area contributed by atoms with E-state index in [1.165, 1.54) is 11.3 Å². The standard InChI is InChI=1S/C19H27N3O4S/c1-10(2)9-26-19(25)15-12(5)14-17(27-15)21-16(11(3)4)22(18(14)24)8-6-7-13(20)23/h10-11H,6-9H2,1-5H3,(H2,20,23). The smallest absolute Gasteiger partial charge is 0.348 e. The van der Waals surface area contributed by atoms with Crippen LogP contribution in [0.5, 0.6) is 0 Å². The fourth-order valence-corrected chi connectivity index (χ4v) is 3.88. The molecule has 2 aromatic rings. The Kier molecular flexibility index (Phi) is 6.75. The molecule has 0 spiro atoms. The largest absolute Gasteiger partial charge is 0.461 e. The molecule has 2 N–H and O–H groups in total. The molecular weight excluding hydrogens is 366 g/mol. The minimum absolute atomic E-state index is 0.0226. The summed E-state index contributed by atoms with van der Waals surface area (Å²) in [6, 6.07) is 0. The Bertz CT molecular complexity index is 912. The van der Waals surface area contributed by atoms with Gasteiger partial charge in [0, 0.05) is 18.9 Å². The zero-order chi connectivity index (χ0) is 20.3. The SMILES string of the molecule is Cc1c(C(=O)OCC(C)C)sc2nc(C(C)C)n(CCCC(N)=O)c(=O)c12. The molecule has 0 atom stereocenters. The number of hydrogen-bond acceptors (Lipinski definition) is 6. The summed E-state index contributed by atoms with van der Waals surface area (Å²) in [7, 11) is 0. The first kappa shape index (κ1) is 21.1. The van der Waals surface area contributed by atoms with Gasteiger partial charge in [0.2, 0.25) is 5.91 Å². The molecule has 0 aromatic carbocycles. The van der Waals surface area contributed by atoms with E-state index in [1.54, 1.807) is 11.5 Å². The van der Waals surface area contributed by atoms with Crippen LogP contribution in [-0.4, -0.2) is 28.0 Å². The van der Waals surface area contributed by atoms with Gasteiger partial charge in [-0.25, -0.2) is 9.78 Å². The van der Waals surface area contributed by atoms with Crippen molar-refractivity contribution in [2.45, 2.75) is 59.9 Å². The first-order valence-corrected chi connectivity index (χ1v) is 9.94. The van der Waals surface area contributed by atoms with Gasteiger partial charge in [-0.1, -0.05) is 27.7 Å². The molecule has 8 heteroatoms. The Morgan fingerprint density at radius 1 is 1.26 bits per heavy atom. The average molecular weight is 394 g/mol. The van der Waals surface area contributed by atoms with Crippen LogP contribution in [0.25, 0.3) is 10.2 Å². The van der Waals surface area contributed by atoms with E-state index in [0.29, 0.717) is 46.1 Å². The Balaban J connectivity index is 2.51. The number of ether oxygens (including phenoxy) is 1. The van der Waals surface area contributed by atoms with Crippen molar-refractivity contribution in [3.05, 3.63) is 26.6 Å². The molecule has 0 aliphatic heterocycles. The lowest BCUT2D eigenvalue weighted by Gasteiger charge is -2.14. The van der Waals surface area contributed by atoms with Gasteiger partial charge in [-0.15, -0.1) is 11.3 Å². The van der Waals surface area contributed by atoms with Gasteiger partial charge in [-0.2, -0.15) is 0 Å². The molecule has 1 amide bonds. The molecule has 0 aliphatic carbocycles. The van der Waals surface area contributed by atoms with Gasteiger partial charge in [-0.3, -0.25) is 14.2 Å². The molecular formula is C19H27N3O4S. The fourth-order valence-electron chi connectivity index (χ4n) is 2.80. The average Bonchev–Trinajstić information content (AvgIpc) is 2.91. The molecule has 2 aromatic heterocycles. The predicted molar refractivity (Wildman–Crippen MR) is 106 cm³/mol. The third-order valence-corrected chi connectivity index (χ3v) is 5.30. The van der Waals surface area contributed by atoms with E-state index in [0.717, 1.165) is 0 Å². The molecule has 0 radical (unpaired) electrons. The van der Waals surface area contributed by atoms with Gasteiger partial charge in [0.05, 0.1) is 12.0 Å². The van der Waals surface area contributed by atoms with Crippen LogP contribution >= 0.6 is 11.3 Å². The number of primary amides is 1. The molecule has 7 nitrogen and oxygen atoms in total. The number of rotatable bonds is 8. The van der Waals surface area contributed by atoms with Crippen molar-refractivity contribution in [2.75, 3.05) is 6.61 Å². The van der Waals surface area contributed by atoms with Gasteiger partial charge in [0.25, 0.3) is 5.56 Å². The van der Waals surface area contributed by atoms with Crippen molar-refractivity contribution in [2.24, 2.45) is 11.7 Å². The lowest BCUT2D eigenvalue weighted by atomic mass is 10.1. The Hall–Kier alpha value is -2.22. The summed E-state index contributed by atoms with van der Waals surface area (Å²) >= 11 is 1.19. The molecule has 0 bridgehead atoms. The molecule has 2 rings (SSSR count). The highest BCUT2D eigenvalue weighted by Crippen LogP contribution is 2.29. The summed E-state index contributed by atoms with van der Waals surface area (Å²) in [5, 5.41) is 0.444. The van der Waals surface area contributed by atoms with E-state index in [1.807, 2.05) is 27.7 Å². The van der Waals surface area contributed by atoms with Crippen LogP contribution < -0.4 is 11.3 Å². The normalized spacial score (nSPS) is 11.5. The molecule has 2 heterocycles. The number of carbonyl (C=O) groups is 2. The van der Waals surface area contributed by atoms with Gasteiger partial charge in [-0.05, 0) is 24.8 Å². The van der Waals surface area contributed by atoms with E-state index < -0.39 is 11.9 Å². The maximum Gasteiger partial charge on any atom is 0.348 e. The second kappa shape index (κ2) is 8.65. The zero-order valence-corrected chi connectivity index (χ0v) is 17.3. The summed E-state index contributed by atoms with van der Waals surface area (Å²) in [5.74, 6) is 0.0755. The molecule has 0 fully saturated rings. The monoisotopic (exact) mass is 393 g/mol. The van der Waals surface area contributed by atoms with Crippen molar-refractivity contribution in [3.8, 4) is 0 Å². The number of nitrogens with zero attached hydrogens (tertiary/aromatic N) is 2. The number of fused-ring (bicyclic) bond motifs is 1. The Morgan fingerprint density at radius 2 is 1.93 bits per heavy atom. The number of amides is 1. The van der Waals surface area contributed by atoms with Crippen LogP contribution in [0.4, 0.5) is 0 Å². The third kappa shape index (κ3) is 4.74. The maximum atomic E-state index is 13.1. The number of esters is 1. The summed E-state index contributed by atoms with van der Waals surface area (Å²) in [5.41, 5.74) is 5.61. The van der Waals surface area contributed by atoms with Gasteiger partial charge in [0.1, 0.15) is 15.5 Å². The van der Waals surface area contributed by atoms with Crippen molar-refractivity contribution >= 4 is 33.4 Å². The minimum atomic E-state index is -0.421. The molecule has 0 saturated carbocycles. The van der Waals surface area contributed by atoms with Crippen molar-refractivity contribution in [3.63, 3.8) is 0 Å². The number of carbonyl (C=O) groups excluding carboxylic acids is 2. The Labute approximate surface area is 162 Å². The number of aryl methyl sites for hydroxylation is 1. The summed E-state index contributed by atoms with van der Waals surface area (Å²) < 4.78 is 6.92. The van der Waals surface area contributed by atoms with Crippen molar-refractivity contribution < 1.29 is 14.3 Å². The van der Waals surface area contributed by atoms with Crippen molar-refractivity contribution in [1.29, 1.82) is 0 Å². The van der Waals surface area contributed by atoms with E-state index in [-0.39, 0.29) is 23.8 Å². The molecule has 148 valence electrons. The van der Waals surface area contributed by atoms with Gasteiger partial charge < -0.3 is 10.5 Å². The number of hydrogen-bond donors (Lipinski definition) is 1. The first-order valence-electron chi connectivity index (χ1n) is 9.12. The predicted octanol–water partition coefficient (Wildman–Crippen LogP) is 2.97. The van der Waals surface area contributed by atoms with E-state index >= 15 is 0 Å². The number of thiophene rings is 1. The summed E-state index contributed by atoms with van der Waals surface area (Å²) in [6.07, 6.45) is 0.673. The highest BCUT2D eigenvalue weighted by molar-refractivity contribution is 7.20. The second-order valence-corrected chi connectivity index (χ2v) is 8.38. The maximum absolute atomic E-state index is 13.1. The first-order chi connectivity index (χ1) is 12.6. The lowest BCUT2D eigenvalue weighted by Crippen LogP contribution is -2.27. The number of nitrogens with two attached hydrogens (primary N) is 1. The molecule has 0 unspecified atom stereocenters.